The number of rotatable bonds is 46. The molecule has 2 aliphatic heterocycles. The van der Waals surface area contributed by atoms with Crippen LogP contribution in [0.25, 0.3) is 0 Å². The van der Waals surface area contributed by atoms with Gasteiger partial charge in [0.1, 0.15) is 48.8 Å². The molecule has 2 saturated heterocycles. The number of carbonyl (C=O) groups is 1. The predicted octanol–water partition coefficient (Wildman–Crippen LogP) is 10.1. The summed E-state index contributed by atoms with van der Waals surface area (Å²) >= 11 is 0. The van der Waals surface area contributed by atoms with Gasteiger partial charge in [0.05, 0.1) is 32.0 Å². The van der Waals surface area contributed by atoms with Gasteiger partial charge in [-0.2, -0.15) is 0 Å². The highest BCUT2D eigenvalue weighted by Gasteiger charge is 2.51. The highest BCUT2D eigenvalue weighted by Crippen LogP contribution is 2.30. The third-order valence-corrected chi connectivity index (χ3v) is 14.1. The molecule has 438 valence electrons. The summed E-state index contributed by atoms with van der Waals surface area (Å²) in [4.78, 5) is 13.2. The van der Waals surface area contributed by atoms with E-state index in [1.54, 1.807) is 6.08 Å². The van der Waals surface area contributed by atoms with E-state index in [0.29, 0.717) is 6.42 Å². The molecule has 0 spiro atoms. The first-order valence-electron chi connectivity index (χ1n) is 29.8. The van der Waals surface area contributed by atoms with Gasteiger partial charge >= 0.3 is 0 Å². The summed E-state index contributed by atoms with van der Waals surface area (Å²) in [5.74, 6) is -0.323. The van der Waals surface area contributed by atoms with Crippen LogP contribution in [0.3, 0.4) is 0 Å². The standard InChI is InChI=1S/C62H107NO13/c1-3-5-7-9-11-13-15-17-19-21-23-24-25-26-28-29-31-33-35-37-39-41-43-45-51(66)50(63-54(67)46-44-42-40-38-36-34-32-30-27-22-20-18-16-14-12-10-8-6-4-2)49-73-61-59(72)57(70)60(53(48-65)75-61)76-62-58(71)56(69)55(68)52(47-64)74-62/h6,8,12,14,18,20,27,30,34,36,40,42-43,45,50-53,55-62,64-66,68-72H,3-5,7,9-11,13,15-17,19,21-26,28-29,31-33,35,37-39,41,44,46-49H2,1-2H3,(H,63,67)/b8-6-,14-12-,20-18-,30-27-,36-34-,42-40-,45-43+. The van der Waals surface area contributed by atoms with E-state index in [1.807, 2.05) is 18.2 Å². The summed E-state index contributed by atoms with van der Waals surface area (Å²) in [5.41, 5.74) is 0. The van der Waals surface area contributed by atoms with Crippen molar-refractivity contribution in [2.45, 2.75) is 280 Å². The molecule has 0 aliphatic carbocycles. The number of carbonyl (C=O) groups excluding carboxylic acids is 1. The molecule has 0 aromatic heterocycles. The smallest absolute Gasteiger partial charge is 0.220 e. The molecular weight excluding hydrogens is 967 g/mol. The van der Waals surface area contributed by atoms with Crippen molar-refractivity contribution in [2.75, 3.05) is 19.8 Å². The van der Waals surface area contributed by atoms with Gasteiger partial charge in [-0.05, 0) is 57.8 Å². The maximum Gasteiger partial charge on any atom is 0.220 e. The Bertz CT molecular complexity index is 1600. The van der Waals surface area contributed by atoms with Gasteiger partial charge in [0.15, 0.2) is 12.6 Å². The zero-order chi connectivity index (χ0) is 55.3. The molecule has 2 rings (SSSR count). The first kappa shape index (κ1) is 69.3. The first-order chi connectivity index (χ1) is 37.1. The van der Waals surface area contributed by atoms with E-state index in [0.717, 1.165) is 64.2 Å². The third kappa shape index (κ3) is 32.3. The molecule has 2 aliphatic rings. The minimum absolute atomic E-state index is 0.152. The molecular formula is C62H107NO13. The molecule has 0 aromatic rings. The first-order valence-corrected chi connectivity index (χ1v) is 29.8. The molecule has 14 nitrogen and oxygen atoms in total. The largest absolute Gasteiger partial charge is 0.394 e. The molecule has 2 fully saturated rings. The number of allylic oxidation sites excluding steroid dienone is 13. The van der Waals surface area contributed by atoms with Gasteiger partial charge in [0.25, 0.3) is 0 Å². The number of nitrogens with one attached hydrogen (secondary N) is 1. The Labute approximate surface area is 459 Å². The quantitative estimate of drug-likeness (QED) is 0.0205. The minimum atomic E-state index is -1.80. The van der Waals surface area contributed by atoms with Crippen LogP contribution in [0.4, 0.5) is 0 Å². The maximum absolute atomic E-state index is 13.2. The van der Waals surface area contributed by atoms with Crippen molar-refractivity contribution in [3.05, 3.63) is 85.1 Å². The van der Waals surface area contributed by atoms with E-state index in [2.05, 4.69) is 79.9 Å². The number of aliphatic hydroxyl groups excluding tert-OH is 8. The van der Waals surface area contributed by atoms with Gasteiger partial charge in [-0.15, -0.1) is 0 Å². The molecule has 9 N–H and O–H groups in total. The van der Waals surface area contributed by atoms with Crippen LogP contribution in [0.2, 0.25) is 0 Å². The molecule has 12 unspecified atom stereocenters. The number of unbranched alkanes of at least 4 members (excludes halogenated alkanes) is 21. The van der Waals surface area contributed by atoms with Crippen molar-refractivity contribution < 1.29 is 64.6 Å². The molecule has 0 aromatic carbocycles. The number of aliphatic hydroxyl groups is 8. The summed E-state index contributed by atoms with van der Waals surface area (Å²) < 4.78 is 22.7. The lowest BCUT2D eigenvalue weighted by molar-refractivity contribution is -0.359. The van der Waals surface area contributed by atoms with Crippen LogP contribution >= 0.6 is 0 Å². The monoisotopic (exact) mass is 1070 g/mol. The zero-order valence-corrected chi connectivity index (χ0v) is 47.0. The van der Waals surface area contributed by atoms with E-state index in [9.17, 15) is 45.6 Å². The highest BCUT2D eigenvalue weighted by atomic mass is 16.7. The Morgan fingerprint density at radius 3 is 1.37 bits per heavy atom. The molecule has 2 heterocycles. The Morgan fingerprint density at radius 1 is 0.487 bits per heavy atom. The van der Waals surface area contributed by atoms with Crippen LogP contribution in [0.15, 0.2) is 85.1 Å². The van der Waals surface area contributed by atoms with Crippen molar-refractivity contribution in [1.29, 1.82) is 0 Å². The fourth-order valence-electron chi connectivity index (χ4n) is 9.31. The fourth-order valence-corrected chi connectivity index (χ4v) is 9.31. The highest BCUT2D eigenvalue weighted by molar-refractivity contribution is 5.76. The minimum Gasteiger partial charge on any atom is -0.394 e. The van der Waals surface area contributed by atoms with Crippen molar-refractivity contribution in [1.82, 2.24) is 5.32 Å². The second-order valence-corrected chi connectivity index (χ2v) is 20.7. The predicted molar refractivity (Wildman–Crippen MR) is 304 cm³/mol. The summed E-state index contributed by atoms with van der Waals surface area (Å²) in [7, 11) is 0. The molecule has 14 heteroatoms. The fraction of sp³-hybridized carbons (Fsp3) is 0.758. The van der Waals surface area contributed by atoms with Crippen LogP contribution in [-0.2, 0) is 23.7 Å². The van der Waals surface area contributed by atoms with Gasteiger partial charge in [-0.3, -0.25) is 4.79 Å². The number of ether oxygens (including phenoxy) is 4. The second-order valence-electron chi connectivity index (χ2n) is 20.7. The average Bonchev–Trinajstić information content (AvgIpc) is 3.42. The lowest BCUT2D eigenvalue weighted by Crippen LogP contribution is -2.65. The van der Waals surface area contributed by atoms with Crippen LogP contribution in [0.1, 0.15) is 206 Å². The third-order valence-electron chi connectivity index (χ3n) is 14.1. The van der Waals surface area contributed by atoms with Crippen LogP contribution in [0, 0.1) is 0 Å². The number of hydrogen-bond donors (Lipinski definition) is 9. The molecule has 0 radical (unpaired) electrons. The number of hydrogen-bond acceptors (Lipinski definition) is 13. The van der Waals surface area contributed by atoms with Crippen molar-refractivity contribution in [3.63, 3.8) is 0 Å². The normalized spacial score (nSPS) is 25.5. The van der Waals surface area contributed by atoms with E-state index in [1.165, 1.54) is 116 Å². The maximum atomic E-state index is 13.2. The molecule has 0 saturated carbocycles. The summed E-state index contributed by atoms with van der Waals surface area (Å²) in [6, 6.07) is -0.961. The van der Waals surface area contributed by atoms with Gasteiger partial charge in [0.2, 0.25) is 5.91 Å². The van der Waals surface area contributed by atoms with Crippen LogP contribution in [-0.4, -0.2) is 140 Å². The lowest BCUT2D eigenvalue weighted by Gasteiger charge is -2.46. The number of amides is 1. The van der Waals surface area contributed by atoms with Gasteiger partial charge in [0, 0.05) is 6.42 Å². The second kappa shape index (κ2) is 47.0. The van der Waals surface area contributed by atoms with Gasteiger partial charge < -0.3 is 65.1 Å². The summed E-state index contributed by atoms with van der Waals surface area (Å²) in [6.45, 7) is 2.63. The molecule has 1 amide bonds. The molecule has 0 bridgehead atoms. The van der Waals surface area contributed by atoms with Crippen molar-refractivity contribution in [3.8, 4) is 0 Å². The molecule has 12 atom stereocenters. The SMILES string of the molecule is CC/C=C\C/C=C\C/C=C\C/C=C\C/C=C\C/C=C\CCC(=O)NC(COC1OC(CO)C(OC2OC(CO)C(O)C(O)C2O)C(O)C1O)C(O)/C=C/CCCCCCCCCCCCCCCCCCCCCCC. The van der Waals surface area contributed by atoms with E-state index in [-0.39, 0.29) is 18.9 Å². The van der Waals surface area contributed by atoms with Crippen LogP contribution in [0.5, 0.6) is 0 Å². The Hall–Kier alpha value is -2.83. The van der Waals surface area contributed by atoms with Crippen molar-refractivity contribution >= 4 is 5.91 Å². The van der Waals surface area contributed by atoms with E-state index < -0.39 is 86.8 Å². The zero-order valence-electron chi connectivity index (χ0n) is 47.0. The lowest BCUT2D eigenvalue weighted by atomic mass is 9.97. The Morgan fingerprint density at radius 2 is 0.908 bits per heavy atom. The van der Waals surface area contributed by atoms with Crippen molar-refractivity contribution in [2.24, 2.45) is 0 Å². The summed E-state index contributed by atoms with van der Waals surface area (Å²) in [5, 5.41) is 87.0. The topological polar surface area (TPSA) is 228 Å². The van der Waals surface area contributed by atoms with E-state index in [4.69, 9.17) is 18.9 Å². The van der Waals surface area contributed by atoms with Gasteiger partial charge in [-0.25, -0.2) is 0 Å². The van der Waals surface area contributed by atoms with E-state index >= 15 is 0 Å². The Balaban J connectivity index is 1.81. The Kier molecular flexibility index (Phi) is 42.9. The van der Waals surface area contributed by atoms with Crippen LogP contribution < -0.4 is 5.32 Å². The summed E-state index contributed by atoms with van der Waals surface area (Å²) in [6.07, 6.45) is 46.3. The average molecular weight is 1070 g/mol. The van der Waals surface area contributed by atoms with Gasteiger partial charge in [-0.1, -0.05) is 227 Å². The molecule has 76 heavy (non-hydrogen) atoms.